The van der Waals surface area contributed by atoms with E-state index >= 15 is 0 Å². The second-order valence-corrected chi connectivity index (χ2v) is 2.22. The first-order chi connectivity index (χ1) is 5.83. The third kappa shape index (κ3) is 2.65. The molecule has 4 heteroatoms. The molecular weight excluding hydrogens is 156 g/mol. The molecule has 0 N–H and O–H groups in total. The van der Waals surface area contributed by atoms with Crippen molar-refractivity contribution in [1.82, 2.24) is 9.97 Å². The van der Waals surface area contributed by atoms with E-state index in [1.807, 2.05) is 0 Å². The number of carbonyl (C=O) groups excluding carboxylic acids is 1. The Morgan fingerprint density at radius 2 is 2.42 bits per heavy atom. The van der Waals surface area contributed by atoms with Gasteiger partial charge in [-0.25, -0.2) is 4.98 Å². The Labute approximate surface area is 70.6 Å². The Hall–Kier alpha value is -1.45. The molecule has 0 fully saturated rings. The largest absolute Gasteiger partial charge is 0.469 e. The molecule has 0 saturated carbocycles. The van der Waals surface area contributed by atoms with Crippen LogP contribution in [0.15, 0.2) is 18.6 Å². The summed E-state index contributed by atoms with van der Waals surface area (Å²) in [5, 5.41) is 0. The van der Waals surface area contributed by atoms with Gasteiger partial charge in [0.1, 0.15) is 6.61 Å². The predicted octanol–water partition coefficient (Wildman–Crippen LogP) is 0.834. The standard InChI is InChI=1S/C8H10N2O2/c1-2-7(11)6-12-8-5-9-3-4-10-8/h3-5H,2,6H2,1H3. The van der Waals surface area contributed by atoms with Gasteiger partial charge >= 0.3 is 0 Å². The molecule has 0 saturated heterocycles. The molecule has 0 spiro atoms. The van der Waals surface area contributed by atoms with Crippen LogP contribution in [0.2, 0.25) is 0 Å². The molecule has 0 bridgehead atoms. The summed E-state index contributed by atoms with van der Waals surface area (Å²) in [5.74, 6) is 0.444. The molecule has 0 unspecified atom stereocenters. The van der Waals surface area contributed by atoms with E-state index in [1.54, 1.807) is 13.1 Å². The number of aromatic nitrogens is 2. The van der Waals surface area contributed by atoms with E-state index in [4.69, 9.17) is 4.74 Å². The van der Waals surface area contributed by atoms with Crippen LogP contribution in [-0.2, 0) is 4.79 Å². The summed E-state index contributed by atoms with van der Waals surface area (Å²) >= 11 is 0. The average Bonchev–Trinajstić information content (AvgIpc) is 2.16. The zero-order valence-corrected chi connectivity index (χ0v) is 6.86. The molecule has 12 heavy (non-hydrogen) atoms. The van der Waals surface area contributed by atoms with Crippen molar-refractivity contribution in [1.29, 1.82) is 0 Å². The molecule has 0 aliphatic rings. The lowest BCUT2D eigenvalue weighted by Crippen LogP contribution is -2.10. The second-order valence-electron chi connectivity index (χ2n) is 2.22. The number of nitrogens with zero attached hydrogens (tertiary/aromatic N) is 2. The van der Waals surface area contributed by atoms with Crippen LogP contribution < -0.4 is 4.74 Å². The van der Waals surface area contributed by atoms with Crippen molar-refractivity contribution in [2.45, 2.75) is 13.3 Å². The minimum Gasteiger partial charge on any atom is -0.469 e. The zero-order valence-electron chi connectivity index (χ0n) is 6.86. The molecule has 0 aliphatic carbocycles. The van der Waals surface area contributed by atoms with E-state index in [0.29, 0.717) is 12.3 Å². The van der Waals surface area contributed by atoms with Crippen molar-refractivity contribution in [3.63, 3.8) is 0 Å². The lowest BCUT2D eigenvalue weighted by Gasteiger charge is -2.00. The number of hydrogen-bond donors (Lipinski definition) is 0. The third-order valence-electron chi connectivity index (χ3n) is 1.31. The molecular formula is C8H10N2O2. The summed E-state index contributed by atoms with van der Waals surface area (Å²) in [6.45, 7) is 1.87. The number of rotatable bonds is 4. The number of carbonyl (C=O) groups is 1. The van der Waals surface area contributed by atoms with Crippen LogP contribution in [0.5, 0.6) is 5.88 Å². The predicted molar refractivity (Wildman–Crippen MR) is 42.8 cm³/mol. The SMILES string of the molecule is CCC(=O)COc1cnccn1. The fourth-order valence-electron chi connectivity index (χ4n) is 0.616. The van der Waals surface area contributed by atoms with Crippen LogP contribution in [0.4, 0.5) is 0 Å². The molecule has 0 amide bonds. The molecule has 64 valence electrons. The van der Waals surface area contributed by atoms with Gasteiger partial charge in [-0.15, -0.1) is 0 Å². The highest BCUT2D eigenvalue weighted by Crippen LogP contribution is 2.00. The van der Waals surface area contributed by atoms with Crippen molar-refractivity contribution in [3.8, 4) is 5.88 Å². The smallest absolute Gasteiger partial charge is 0.232 e. The maximum atomic E-state index is 10.8. The first kappa shape index (κ1) is 8.64. The van der Waals surface area contributed by atoms with Crippen molar-refractivity contribution in [3.05, 3.63) is 18.6 Å². The monoisotopic (exact) mass is 166 g/mol. The quantitative estimate of drug-likeness (QED) is 0.664. The topological polar surface area (TPSA) is 52.1 Å². The Morgan fingerprint density at radius 1 is 1.58 bits per heavy atom. The summed E-state index contributed by atoms with van der Waals surface area (Å²) in [6.07, 6.45) is 5.03. The van der Waals surface area contributed by atoms with E-state index in [2.05, 4.69) is 9.97 Å². The van der Waals surface area contributed by atoms with Crippen molar-refractivity contribution in [2.24, 2.45) is 0 Å². The van der Waals surface area contributed by atoms with Crippen LogP contribution in [-0.4, -0.2) is 22.4 Å². The lowest BCUT2D eigenvalue weighted by atomic mass is 10.3. The number of Topliss-reactive ketones (excluding diaryl/α,β-unsaturated/α-hetero) is 1. The van der Waals surface area contributed by atoms with Crippen LogP contribution in [0, 0.1) is 0 Å². The second kappa shape index (κ2) is 4.43. The molecule has 4 nitrogen and oxygen atoms in total. The fourth-order valence-corrected chi connectivity index (χ4v) is 0.616. The van der Waals surface area contributed by atoms with Gasteiger partial charge in [0, 0.05) is 18.8 Å². The Kier molecular flexibility index (Phi) is 3.19. The van der Waals surface area contributed by atoms with Crippen molar-refractivity contribution >= 4 is 5.78 Å². The van der Waals surface area contributed by atoms with E-state index < -0.39 is 0 Å². The highest BCUT2D eigenvalue weighted by Gasteiger charge is 1.99. The van der Waals surface area contributed by atoms with Gasteiger partial charge in [-0.1, -0.05) is 6.92 Å². The molecule has 1 aromatic rings. The molecule has 1 heterocycles. The number of ketones is 1. The van der Waals surface area contributed by atoms with Gasteiger partial charge in [-0.2, -0.15) is 0 Å². The van der Waals surface area contributed by atoms with Crippen LogP contribution in [0.3, 0.4) is 0 Å². The highest BCUT2D eigenvalue weighted by molar-refractivity contribution is 5.79. The summed E-state index contributed by atoms with van der Waals surface area (Å²) in [6, 6.07) is 0. The Bertz CT molecular complexity index is 248. The zero-order chi connectivity index (χ0) is 8.81. The normalized spacial score (nSPS) is 9.42. The average molecular weight is 166 g/mol. The Morgan fingerprint density at radius 3 is 3.00 bits per heavy atom. The van der Waals surface area contributed by atoms with Gasteiger partial charge in [-0.05, 0) is 0 Å². The maximum absolute atomic E-state index is 10.8. The van der Waals surface area contributed by atoms with Crippen LogP contribution in [0.25, 0.3) is 0 Å². The van der Waals surface area contributed by atoms with Gasteiger partial charge in [-0.3, -0.25) is 9.78 Å². The van der Waals surface area contributed by atoms with E-state index in [-0.39, 0.29) is 12.4 Å². The molecule has 0 aromatic carbocycles. The highest BCUT2D eigenvalue weighted by atomic mass is 16.5. The number of ether oxygens (including phenoxy) is 1. The number of hydrogen-bond acceptors (Lipinski definition) is 4. The summed E-state index contributed by atoms with van der Waals surface area (Å²) in [4.78, 5) is 18.4. The Balaban J connectivity index is 2.38. The first-order valence-electron chi connectivity index (χ1n) is 3.73. The molecule has 1 aromatic heterocycles. The lowest BCUT2D eigenvalue weighted by molar-refractivity contribution is -0.120. The first-order valence-corrected chi connectivity index (χ1v) is 3.73. The minimum atomic E-state index is 0.0562. The minimum absolute atomic E-state index is 0.0562. The summed E-state index contributed by atoms with van der Waals surface area (Å²) in [7, 11) is 0. The molecule has 1 rings (SSSR count). The van der Waals surface area contributed by atoms with E-state index in [1.165, 1.54) is 12.4 Å². The molecule has 0 aliphatic heterocycles. The van der Waals surface area contributed by atoms with Crippen molar-refractivity contribution < 1.29 is 9.53 Å². The van der Waals surface area contributed by atoms with Gasteiger partial charge < -0.3 is 4.74 Å². The van der Waals surface area contributed by atoms with Gasteiger partial charge in [0.25, 0.3) is 0 Å². The van der Waals surface area contributed by atoms with Gasteiger partial charge in [0.2, 0.25) is 5.88 Å². The van der Waals surface area contributed by atoms with E-state index in [9.17, 15) is 4.79 Å². The van der Waals surface area contributed by atoms with Crippen LogP contribution in [0.1, 0.15) is 13.3 Å². The van der Waals surface area contributed by atoms with Gasteiger partial charge in [0.15, 0.2) is 5.78 Å². The summed E-state index contributed by atoms with van der Waals surface area (Å²) in [5.41, 5.74) is 0. The van der Waals surface area contributed by atoms with Crippen LogP contribution >= 0.6 is 0 Å². The summed E-state index contributed by atoms with van der Waals surface area (Å²) < 4.78 is 5.04. The maximum Gasteiger partial charge on any atom is 0.232 e. The van der Waals surface area contributed by atoms with Gasteiger partial charge in [0.05, 0.1) is 6.20 Å². The molecule has 0 radical (unpaired) electrons. The fraction of sp³-hybridized carbons (Fsp3) is 0.375. The molecule has 0 atom stereocenters. The third-order valence-corrected chi connectivity index (χ3v) is 1.31. The van der Waals surface area contributed by atoms with Crippen molar-refractivity contribution in [2.75, 3.05) is 6.61 Å². The van der Waals surface area contributed by atoms with E-state index in [0.717, 1.165) is 0 Å².